The molecule has 0 saturated heterocycles. The molecule has 100 valence electrons. The Morgan fingerprint density at radius 3 is 2.39 bits per heavy atom. The molecule has 0 radical (unpaired) electrons. The first-order valence-corrected chi connectivity index (χ1v) is 6.84. The maximum atomic E-state index is 11.1. The molecule has 0 heterocycles. The molecular weight excluding hydrogens is 305 g/mol. The van der Waals surface area contributed by atoms with Gasteiger partial charge in [0.1, 0.15) is 10.6 Å². The van der Waals surface area contributed by atoms with E-state index in [2.05, 4.69) is 0 Å². The number of ether oxygens (including phenoxy) is 1. The number of carboxylic acid groups (broad SMARTS) is 1. The third-order valence-electron chi connectivity index (χ3n) is 1.94. The second-order valence-electron chi connectivity index (χ2n) is 3.36. The minimum absolute atomic E-state index is 0.0380. The van der Waals surface area contributed by atoms with Crippen molar-refractivity contribution in [2.45, 2.75) is 17.9 Å². The largest absolute Gasteiger partial charge is 0.479 e. The highest BCUT2D eigenvalue weighted by Gasteiger charge is 2.19. The maximum absolute atomic E-state index is 11.1. The zero-order valence-corrected chi connectivity index (χ0v) is 11.4. The van der Waals surface area contributed by atoms with E-state index in [-0.39, 0.29) is 20.7 Å². The molecule has 0 bridgehead atoms. The van der Waals surface area contributed by atoms with Gasteiger partial charge in [0.2, 0.25) is 10.0 Å². The van der Waals surface area contributed by atoms with Crippen LogP contribution in [0.25, 0.3) is 0 Å². The van der Waals surface area contributed by atoms with Crippen molar-refractivity contribution in [2.24, 2.45) is 5.14 Å². The van der Waals surface area contributed by atoms with Gasteiger partial charge in [-0.2, -0.15) is 0 Å². The van der Waals surface area contributed by atoms with E-state index >= 15 is 0 Å². The average Bonchev–Trinajstić information content (AvgIpc) is 2.20. The van der Waals surface area contributed by atoms with Crippen LogP contribution >= 0.6 is 23.2 Å². The molecule has 0 saturated carbocycles. The summed E-state index contributed by atoms with van der Waals surface area (Å²) in [6, 6.07) is 2.10. The first-order chi connectivity index (χ1) is 8.12. The van der Waals surface area contributed by atoms with Crippen LogP contribution in [0.15, 0.2) is 17.0 Å². The highest BCUT2D eigenvalue weighted by molar-refractivity contribution is 7.89. The van der Waals surface area contributed by atoms with Gasteiger partial charge in [0.05, 0.1) is 10.0 Å². The predicted octanol–water partition coefficient (Wildman–Crippen LogP) is 1.49. The number of hydrogen-bond acceptors (Lipinski definition) is 4. The highest BCUT2D eigenvalue weighted by atomic mass is 35.5. The van der Waals surface area contributed by atoms with E-state index in [0.717, 1.165) is 12.1 Å². The Bertz CT molecular complexity index is 587. The molecule has 0 aliphatic heterocycles. The van der Waals surface area contributed by atoms with E-state index in [1.807, 2.05) is 0 Å². The molecule has 18 heavy (non-hydrogen) atoms. The van der Waals surface area contributed by atoms with Gasteiger partial charge in [-0.25, -0.2) is 18.4 Å². The summed E-state index contributed by atoms with van der Waals surface area (Å²) in [7, 11) is -4.01. The van der Waals surface area contributed by atoms with Gasteiger partial charge in [0.25, 0.3) is 0 Å². The van der Waals surface area contributed by atoms with Crippen LogP contribution in [0.3, 0.4) is 0 Å². The lowest BCUT2D eigenvalue weighted by Gasteiger charge is -2.13. The topological polar surface area (TPSA) is 107 Å². The summed E-state index contributed by atoms with van der Waals surface area (Å²) in [5.41, 5.74) is 0. The Morgan fingerprint density at radius 2 is 1.94 bits per heavy atom. The number of carbonyl (C=O) groups is 1. The lowest BCUT2D eigenvalue weighted by atomic mass is 10.3. The van der Waals surface area contributed by atoms with Crippen LogP contribution in [0.1, 0.15) is 6.92 Å². The van der Waals surface area contributed by atoms with Crippen molar-refractivity contribution in [2.75, 3.05) is 0 Å². The van der Waals surface area contributed by atoms with E-state index < -0.39 is 22.1 Å². The molecule has 3 N–H and O–H groups in total. The number of sulfonamides is 1. The maximum Gasteiger partial charge on any atom is 0.344 e. The van der Waals surface area contributed by atoms with Gasteiger partial charge in [-0.05, 0) is 13.0 Å². The van der Waals surface area contributed by atoms with E-state index in [1.165, 1.54) is 6.92 Å². The van der Waals surface area contributed by atoms with Crippen LogP contribution < -0.4 is 9.88 Å². The number of halogens is 2. The zero-order chi connectivity index (χ0) is 14.1. The fourth-order valence-electron chi connectivity index (χ4n) is 1.06. The summed E-state index contributed by atoms with van der Waals surface area (Å²) < 4.78 is 27.3. The van der Waals surface area contributed by atoms with Crippen LogP contribution in [0.5, 0.6) is 5.75 Å². The second kappa shape index (κ2) is 5.31. The molecule has 0 aliphatic carbocycles. The quantitative estimate of drug-likeness (QED) is 0.875. The monoisotopic (exact) mass is 313 g/mol. The van der Waals surface area contributed by atoms with E-state index in [9.17, 15) is 13.2 Å². The van der Waals surface area contributed by atoms with Crippen molar-refractivity contribution in [3.05, 3.63) is 22.2 Å². The van der Waals surface area contributed by atoms with Crippen molar-refractivity contribution in [1.82, 2.24) is 0 Å². The van der Waals surface area contributed by atoms with Crippen molar-refractivity contribution >= 4 is 39.2 Å². The Morgan fingerprint density at radius 1 is 1.39 bits per heavy atom. The fourth-order valence-corrected chi connectivity index (χ4v) is 2.42. The Labute approximate surface area is 113 Å². The van der Waals surface area contributed by atoms with Gasteiger partial charge < -0.3 is 9.84 Å². The van der Waals surface area contributed by atoms with Crippen LogP contribution in [-0.4, -0.2) is 25.6 Å². The van der Waals surface area contributed by atoms with Gasteiger partial charge in [0, 0.05) is 6.07 Å². The van der Waals surface area contributed by atoms with Crippen LogP contribution in [0.2, 0.25) is 10.0 Å². The summed E-state index contributed by atoms with van der Waals surface area (Å²) in [6.45, 7) is 1.29. The number of aliphatic carboxylic acids is 1. The first kappa shape index (κ1) is 15.0. The molecule has 0 aromatic heterocycles. The SMILES string of the molecule is CC(Oc1cc(Cl)c(S(N)(=O)=O)cc1Cl)C(=O)O. The molecule has 0 fully saturated rings. The van der Waals surface area contributed by atoms with Gasteiger partial charge in [-0.1, -0.05) is 23.2 Å². The van der Waals surface area contributed by atoms with Gasteiger partial charge in [-0.15, -0.1) is 0 Å². The third-order valence-corrected chi connectivity index (χ3v) is 3.62. The highest BCUT2D eigenvalue weighted by Crippen LogP contribution is 2.33. The molecule has 1 unspecified atom stereocenters. The molecule has 1 atom stereocenters. The van der Waals surface area contributed by atoms with Crippen LogP contribution in [0.4, 0.5) is 0 Å². The van der Waals surface area contributed by atoms with E-state index in [0.29, 0.717) is 0 Å². The lowest BCUT2D eigenvalue weighted by molar-refractivity contribution is -0.144. The van der Waals surface area contributed by atoms with E-state index in [1.54, 1.807) is 0 Å². The first-order valence-electron chi connectivity index (χ1n) is 4.54. The van der Waals surface area contributed by atoms with Gasteiger partial charge in [0.15, 0.2) is 6.10 Å². The summed E-state index contributed by atoms with van der Waals surface area (Å²) in [5, 5.41) is 13.3. The molecule has 6 nitrogen and oxygen atoms in total. The molecule has 0 amide bonds. The van der Waals surface area contributed by atoms with E-state index in [4.69, 9.17) is 38.2 Å². The molecule has 1 aromatic carbocycles. The van der Waals surface area contributed by atoms with Crippen LogP contribution in [-0.2, 0) is 14.8 Å². The number of nitrogens with two attached hydrogens (primary N) is 1. The molecular formula is C9H9Cl2NO5S. The number of primary sulfonamides is 1. The Hall–Kier alpha value is -1.02. The Balaban J connectivity index is 3.20. The minimum atomic E-state index is -4.01. The number of hydrogen-bond donors (Lipinski definition) is 2. The number of carboxylic acids is 1. The standard InChI is InChI=1S/C9H9Cl2NO5S/c1-4(9(13)14)17-7-2-6(11)8(3-5(7)10)18(12,15)16/h2-4H,1H3,(H,13,14)(H2,12,15,16). The predicted molar refractivity (Wildman–Crippen MR) is 65.6 cm³/mol. The average molecular weight is 314 g/mol. The van der Waals surface area contributed by atoms with Crippen molar-refractivity contribution in [3.8, 4) is 5.75 Å². The molecule has 1 aromatic rings. The molecule has 9 heteroatoms. The van der Waals surface area contributed by atoms with Crippen LogP contribution in [0, 0.1) is 0 Å². The lowest BCUT2D eigenvalue weighted by Crippen LogP contribution is -2.23. The normalized spacial score (nSPS) is 13.1. The molecule has 1 rings (SSSR count). The number of benzene rings is 1. The Kier molecular flexibility index (Phi) is 4.44. The fraction of sp³-hybridized carbons (Fsp3) is 0.222. The summed E-state index contributed by atoms with van der Waals surface area (Å²) in [6.07, 6.45) is -1.15. The molecule has 0 aliphatic rings. The van der Waals surface area contributed by atoms with Crippen molar-refractivity contribution in [1.29, 1.82) is 0 Å². The third kappa shape index (κ3) is 3.49. The zero-order valence-electron chi connectivity index (χ0n) is 9.05. The summed E-state index contributed by atoms with van der Waals surface area (Å²) in [4.78, 5) is 10.3. The van der Waals surface area contributed by atoms with Crippen molar-refractivity contribution < 1.29 is 23.1 Å². The summed E-state index contributed by atoms with van der Waals surface area (Å²) in [5.74, 6) is -1.23. The van der Waals surface area contributed by atoms with Gasteiger partial charge in [-0.3, -0.25) is 0 Å². The molecule has 0 spiro atoms. The number of rotatable bonds is 4. The van der Waals surface area contributed by atoms with Crippen molar-refractivity contribution in [3.63, 3.8) is 0 Å². The van der Waals surface area contributed by atoms with Gasteiger partial charge >= 0.3 is 5.97 Å². The minimum Gasteiger partial charge on any atom is -0.479 e. The summed E-state index contributed by atoms with van der Waals surface area (Å²) >= 11 is 11.5. The smallest absolute Gasteiger partial charge is 0.344 e. The second-order valence-corrected chi connectivity index (χ2v) is 5.70.